The van der Waals surface area contributed by atoms with Gasteiger partial charge in [0.25, 0.3) is 5.56 Å². The Morgan fingerprint density at radius 3 is 2.59 bits per heavy atom. The van der Waals surface area contributed by atoms with Crippen LogP contribution in [0.5, 0.6) is 0 Å². The van der Waals surface area contributed by atoms with Gasteiger partial charge in [-0.15, -0.1) is 0 Å². The van der Waals surface area contributed by atoms with E-state index in [0.717, 1.165) is 17.4 Å². The van der Waals surface area contributed by atoms with Gasteiger partial charge in [-0.1, -0.05) is 29.3 Å². The molecule has 2 atom stereocenters. The monoisotopic (exact) mass is 437 g/mol. The van der Waals surface area contributed by atoms with Crippen LogP contribution < -0.4 is 16.6 Å². The first-order valence-electron chi connectivity index (χ1n) is 9.31. The second kappa shape index (κ2) is 7.51. The third-order valence-corrected chi connectivity index (χ3v) is 6.16. The number of nitrogens with one attached hydrogen (secondary N) is 1. The van der Waals surface area contributed by atoms with Crippen molar-refractivity contribution in [3.63, 3.8) is 0 Å². The van der Waals surface area contributed by atoms with Crippen molar-refractivity contribution in [2.45, 2.75) is 38.0 Å². The molecule has 1 aliphatic rings. The Labute approximate surface area is 176 Å². The number of hydrogen-bond acceptors (Lipinski definition) is 5. The third-order valence-electron chi connectivity index (χ3n) is 5.42. The average molecular weight is 438 g/mol. The number of anilines is 1. The number of nitrogens with zero attached hydrogens (tertiary/aromatic N) is 4. The number of aliphatic hydroxyl groups excluding tert-OH is 1. The lowest BCUT2D eigenvalue weighted by molar-refractivity contribution is 0.182. The maximum Gasteiger partial charge on any atom is 0.332 e. The fourth-order valence-electron chi connectivity index (χ4n) is 3.80. The molecule has 0 aliphatic heterocycles. The summed E-state index contributed by atoms with van der Waals surface area (Å²) < 4.78 is 4.18. The molecule has 2 N–H and O–H groups in total. The highest BCUT2D eigenvalue weighted by molar-refractivity contribution is 6.42. The molecule has 2 heterocycles. The second-order valence-electron chi connectivity index (χ2n) is 7.46. The molecule has 2 aromatic heterocycles. The van der Waals surface area contributed by atoms with E-state index in [0.29, 0.717) is 39.1 Å². The Kier molecular flexibility index (Phi) is 5.18. The molecule has 1 saturated carbocycles. The second-order valence-corrected chi connectivity index (χ2v) is 8.27. The van der Waals surface area contributed by atoms with Gasteiger partial charge in [0.15, 0.2) is 11.2 Å². The van der Waals surface area contributed by atoms with Gasteiger partial charge in [-0.2, -0.15) is 4.98 Å². The lowest BCUT2D eigenvalue weighted by atomic mass is 10.2. The highest BCUT2D eigenvalue weighted by atomic mass is 35.5. The van der Waals surface area contributed by atoms with Gasteiger partial charge < -0.3 is 15.0 Å². The van der Waals surface area contributed by atoms with Gasteiger partial charge in [-0.25, -0.2) is 4.79 Å². The number of benzene rings is 1. The van der Waals surface area contributed by atoms with E-state index in [2.05, 4.69) is 10.3 Å². The number of imidazole rings is 1. The van der Waals surface area contributed by atoms with Gasteiger partial charge in [0.1, 0.15) is 0 Å². The van der Waals surface area contributed by atoms with Gasteiger partial charge in [-0.05, 0) is 37.0 Å². The van der Waals surface area contributed by atoms with Gasteiger partial charge in [0, 0.05) is 20.1 Å². The molecular weight excluding hydrogens is 417 g/mol. The Morgan fingerprint density at radius 1 is 1.17 bits per heavy atom. The van der Waals surface area contributed by atoms with Crippen LogP contribution in [-0.4, -0.2) is 35.9 Å². The minimum Gasteiger partial charge on any atom is -0.393 e. The quantitative estimate of drug-likeness (QED) is 0.651. The van der Waals surface area contributed by atoms with Crippen molar-refractivity contribution < 1.29 is 5.11 Å². The Bertz CT molecular complexity index is 1210. The molecule has 0 saturated heterocycles. The van der Waals surface area contributed by atoms with Crippen LogP contribution in [0.25, 0.3) is 11.2 Å². The highest BCUT2D eigenvalue weighted by Crippen LogP contribution is 2.24. The molecule has 154 valence electrons. The first kappa shape index (κ1) is 20.0. The van der Waals surface area contributed by atoms with Crippen LogP contribution in [0.15, 0.2) is 27.8 Å². The fraction of sp³-hybridized carbons (Fsp3) is 0.421. The van der Waals surface area contributed by atoms with E-state index < -0.39 is 11.2 Å². The number of aryl methyl sites for hydroxylation is 2. The van der Waals surface area contributed by atoms with Gasteiger partial charge in [-0.3, -0.25) is 13.9 Å². The van der Waals surface area contributed by atoms with E-state index >= 15 is 0 Å². The summed E-state index contributed by atoms with van der Waals surface area (Å²) in [6.45, 7) is 0.0705. The smallest absolute Gasteiger partial charge is 0.332 e. The Hall–Kier alpha value is -2.29. The average Bonchev–Trinajstić information content (AvgIpc) is 3.23. The van der Waals surface area contributed by atoms with Crippen LogP contribution in [0.2, 0.25) is 10.0 Å². The van der Waals surface area contributed by atoms with Crippen molar-refractivity contribution in [2.75, 3.05) is 5.32 Å². The Balaban J connectivity index is 1.78. The molecule has 0 spiro atoms. The van der Waals surface area contributed by atoms with E-state index in [1.165, 1.54) is 4.57 Å². The minimum absolute atomic E-state index is 0.0705. The number of hydrogen-bond donors (Lipinski definition) is 2. The zero-order chi connectivity index (χ0) is 20.9. The van der Waals surface area contributed by atoms with Crippen LogP contribution in [-0.2, 0) is 20.6 Å². The molecular formula is C19H21Cl2N5O3. The summed E-state index contributed by atoms with van der Waals surface area (Å²) in [6.07, 6.45) is 1.86. The van der Waals surface area contributed by atoms with Crippen LogP contribution >= 0.6 is 23.2 Å². The number of rotatable bonds is 4. The number of fused-ring (bicyclic) bond motifs is 1. The molecule has 1 fully saturated rings. The third kappa shape index (κ3) is 3.56. The molecule has 2 unspecified atom stereocenters. The summed E-state index contributed by atoms with van der Waals surface area (Å²) in [7, 11) is 3.32. The van der Waals surface area contributed by atoms with Crippen LogP contribution in [0.4, 0.5) is 5.95 Å². The van der Waals surface area contributed by atoms with E-state index in [1.54, 1.807) is 36.9 Å². The topological polar surface area (TPSA) is 94.1 Å². The number of aliphatic hydroxyl groups is 1. The van der Waals surface area contributed by atoms with E-state index in [-0.39, 0.29) is 18.7 Å². The zero-order valence-electron chi connectivity index (χ0n) is 16.0. The molecule has 10 heteroatoms. The summed E-state index contributed by atoms with van der Waals surface area (Å²) in [5, 5.41) is 13.8. The molecule has 1 aromatic carbocycles. The summed E-state index contributed by atoms with van der Waals surface area (Å²) in [6, 6.07) is 5.08. The van der Waals surface area contributed by atoms with Crippen LogP contribution in [0.3, 0.4) is 0 Å². The van der Waals surface area contributed by atoms with E-state index in [4.69, 9.17) is 23.2 Å². The normalized spacial score (nSPS) is 19.2. The minimum atomic E-state index is -0.463. The van der Waals surface area contributed by atoms with Crippen molar-refractivity contribution >= 4 is 40.3 Å². The Morgan fingerprint density at radius 2 is 1.93 bits per heavy atom. The van der Waals surface area contributed by atoms with E-state index in [9.17, 15) is 14.7 Å². The summed E-state index contributed by atoms with van der Waals surface area (Å²) >= 11 is 12.0. The van der Waals surface area contributed by atoms with Crippen molar-refractivity contribution in [2.24, 2.45) is 14.1 Å². The van der Waals surface area contributed by atoms with Gasteiger partial charge in [0.05, 0.1) is 22.7 Å². The molecule has 1 aliphatic carbocycles. The molecule has 0 bridgehead atoms. The van der Waals surface area contributed by atoms with Crippen molar-refractivity contribution in [3.8, 4) is 0 Å². The van der Waals surface area contributed by atoms with Gasteiger partial charge in [0.2, 0.25) is 5.95 Å². The predicted octanol–water partition coefficient (Wildman–Crippen LogP) is 2.11. The van der Waals surface area contributed by atoms with Crippen LogP contribution in [0.1, 0.15) is 24.8 Å². The number of aromatic nitrogens is 4. The standard InChI is InChI=1S/C19H21Cl2N5O3/c1-24-15-16(23-18(24)22-11-4-5-12(27)8-11)25(2)19(29)26(17(15)28)9-10-3-6-13(20)14(21)7-10/h3,6-7,11-12,27H,4-5,8-9H2,1-2H3,(H,22,23). The zero-order valence-corrected chi connectivity index (χ0v) is 17.5. The van der Waals surface area contributed by atoms with Crippen molar-refractivity contribution in [3.05, 3.63) is 54.6 Å². The molecule has 3 aromatic rings. The SMILES string of the molecule is Cn1c(NC2CCC(O)C2)nc2c1c(=O)n(Cc1ccc(Cl)c(Cl)c1)c(=O)n2C. The number of halogens is 2. The van der Waals surface area contributed by atoms with E-state index in [1.807, 2.05) is 0 Å². The highest BCUT2D eigenvalue weighted by Gasteiger charge is 2.25. The summed E-state index contributed by atoms with van der Waals surface area (Å²) in [4.78, 5) is 30.5. The first-order chi connectivity index (χ1) is 13.8. The molecule has 29 heavy (non-hydrogen) atoms. The lowest BCUT2D eigenvalue weighted by Gasteiger charge is -2.12. The first-order valence-corrected chi connectivity index (χ1v) is 10.1. The maximum absolute atomic E-state index is 13.1. The summed E-state index contributed by atoms with van der Waals surface area (Å²) in [5.41, 5.74) is 0.443. The predicted molar refractivity (Wildman–Crippen MR) is 113 cm³/mol. The van der Waals surface area contributed by atoms with Crippen LogP contribution in [0, 0.1) is 0 Å². The largest absolute Gasteiger partial charge is 0.393 e. The lowest BCUT2D eigenvalue weighted by Crippen LogP contribution is -2.39. The maximum atomic E-state index is 13.1. The molecule has 8 nitrogen and oxygen atoms in total. The molecule has 0 radical (unpaired) electrons. The summed E-state index contributed by atoms with van der Waals surface area (Å²) in [5.74, 6) is 0.499. The molecule has 0 amide bonds. The fourth-order valence-corrected chi connectivity index (χ4v) is 4.12. The van der Waals surface area contributed by atoms with Crippen molar-refractivity contribution in [1.29, 1.82) is 0 Å². The van der Waals surface area contributed by atoms with Gasteiger partial charge >= 0.3 is 5.69 Å². The molecule has 4 rings (SSSR count). The van der Waals surface area contributed by atoms with Crippen molar-refractivity contribution in [1.82, 2.24) is 18.7 Å².